The fraction of sp³-hybridized carbons (Fsp3) is 0.500. The molecule has 1 aromatic rings. The van der Waals surface area contributed by atoms with Gasteiger partial charge in [-0.05, 0) is 37.5 Å². The Bertz CT molecular complexity index is 438. The molecule has 0 saturated carbocycles. The molecule has 0 saturated heterocycles. The minimum absolute atomic E-state index is 0.472. The van der Waals surface area contributed by atoms with E-state index in [1.54, 1.807) is 14.0 Å². The average Bonchev–Trinajstić information content (AvgIpc) is 2.36. The topological polar surface area (TPSA) is 29.5 Å². The van der Waals surface area contributed by atoms with Crippen molar-refractivity contribution in [2.75, 3.05) is 7.11 Å². The molecule has 0 amide bonds. The lowest BCUT2D eigenvalue weighted by atomic mass is 9.92. The van der Waals surface area contributed by atoms with Crippen LogP contribution in [0.5, 0.6) is 5.75 Å². The van der Waals surface area contributed by atoms with Gasteiger partial charge in [0.1, 0.15) is 11.4 Å². The standard InChI is InChI=1S/C16H22O2/c1-5-13(2)12-16(3,17)10-9-14-7-6-8-15(11-14)18-4/h6-8,11,13,17H,5,12H2,1-4H3. The molecule has 98 valence electrons. The molecule has 0 aliphatic heterocycles. The first kappa shape index (κ1) is 14.6. The highest BCUT2D eigenvalue weighted by atomic mass is 16.5. The monoisotopic (exact) mass is 246 g/mol. The summed E-state index contributed by atoms with van der Waals surface area (Å²) < 4.78 is 5.14. The van der Waals surface area contributed by atoms with Gasteiger partial charge in [0.05, 0.1) is 7.11 Å². The maximum Gasteiger partial charge on any atom is 0.123 e. The van der Waals surface area contributed by atoms with Gasteiger partial charge in [-0.3, -0.25) is 0 Å². The molecule has 2 atom stereocenters. The first-order valence-corrected chi connectivity index (χ1v) is 6.36. The molecule has 2 unspecified atom stereocenters. The maximum atomic E-state index is 10.2. The molecule has 2 heteroatoms. The third-order valence-corrected chi connectivity index (χ3v) is 2.99. The number of hydrogen-bond donors (Lipinski definition) is 1. The summed E-state index contributed by atoms with van der Waals surface area (Å²) in [5, 5.41) is 10.2. The van der Waals surface area contributed by atoms with Crippen LogP contribution < -0.4 is 4.74 Å². The number of hydrogen-bond acceptors (Lipinski definition) is 2. The lowest BCUT2D eigenvalue weighted by molar-refractivity contribution is 0.0939. The lowest BCUT2D eigenvalue weighted by Gasteiger charge is -2.20. The van der Waals surface area contributed by atoms with Crippen molar-refractivity contribution in [2.45, 2.75) is 39.2 Å². The van der Waals surface area contributed by atoms with Gasteiger partial charge in [0.25, 0.3) is 0 Å². The Morgan fingerprint density at radius 2 is 2.17 bits per heavy atom. The van der Waals surface area contributed by atoms with Gasteiger partial charge in [0, 0.05) is 5.56 Å². The fourth-order valence-electron chi connectivity index (χ4n) is 1.78. The van der Waals surface area contributed by atoms with Crippen molar-refractivity contribution >= 4 is 0 Å². The number of ether oxygens (including phenoxy) is 1. The molecule has 0 aliphatic rings. The number of benzene rings is 1. The summed E-state index contributed by atoms with van der Waals surface area (Å²) in [6.07, 6.45) is 1.75. The zero-order valence-corrected chi connectivity index (χ0v) is 11.7. The van der Waals surface area contributed by atoms with Crippen molar-refractivity contribution in [2.24, 2.45) is 5.92 Å². The highest BCUT2D eigenvalue weighted by Gasteiger charge is 2.19. The van der Waals surface area contributed by atoms with Crippen molar-refractivity contribution in [3.05, 3.63) is 29.8 Å². The fourth-order valence-corrected chi connectivity index (χ4v) is 1.78. The molecule has 18 heavy (non-hydrogen) atoms. The largest absolute Gasteiger partial charge is 0.497 e. The Labute approximate surface area is 110 Å². The van der Waals surface area contributed by atoms with E-state index < -0.39 is 5.60 Å². The Kier molecular flexibility index (Phi) is 5.25. The van der Waals surface area contributed by atoms with Crippen LogP contribution in [0.3, 0.4) is 0 Å². The number of aliphatic hydroxyl groups is 1. The summed E-state index contributed by atoms with van der Waals surface area (Å²) >= 11 is 0. The van der Waals surface area contributed by atoms with E-state index in [0.29, 0.717) is 12.3 Å². The molecule has 1 rings (SSSR count). The van der Waals surface area contributed by atoms with Gasteiger partial charge < -0.3 is 9.84 Å². The molecule has 0 aliphatic carbocycles. The molecule has 0 heterocycles. The Morgan fingerprint density at radius 1 is 1.44 bits per heavy atom. The Balaban J connectivity index is 2.79. The molecule has 0 aromatic heterocycles. The van der Waals surface area contributed by atoms with Crippen LogP contribution in [0.2, 0.25) is 0 Å². The molecule has 2 nitrogen and oxygen atoms in total. The van der Waals surface area contributed by atoms with Crippen molar-refractivity contribution in [3.63, 3.8) is 0 Å². The van der Waals surface area contributed by atoms with Crippen LogP contribution in [-0.4, -0.2) is 17.8 Å². The van der Waals surface area contributed by atoms with Crippen molar-refractivity contribution < 1.29 is 9.84 Å². The van der Waals surface area contributed by atoms with Crippen LogP contribution in [0.4, 0.5) is 0 Å². The SMILES string of the molecule is CCC(C)CC(C)(O)C#Cc1cccc(OC)c1. The van der Waals surface area contributed by atoms with E-state index in [4.69, 9.17) is 4.74 Å². The average molecular weight is 246 g/mol. The van der Waals surface area contributed by atoms with Gasteiger partial charge in [-0.25, -0.2) is 0 Å². The van der Waals surface area contributed by atoms with Crippen molar-refractivity contribution in [3.8, 4) is 17.6 Å². The summed E-state index contributed by atoms with van der Waals surface area (Å²) in [5.74, 6) is 7.20. The molecular weight excluding hydrogens is 224 g/mol. The van der Waals surface area contributed by atoms with Gasteiger partial charge >= 0.3 is 0 Å². The Hall–Kier alpha value is -1.46. The minimum Gasteiger partial charge on any atom is -0.497 e. The van der Waals surface area contributed by atoms with Crippen LogP contribution in [0.25, 0.3) is 0 Å². The van der Waals surface area contributed by atoms with Crippen LogP contribution in [-0.2, 0) is 0 Å². The smallest absolute Gasteiger partial charge is 0.123 e. The highest BCUT2D eigenvalue weighted by Crippen LogP contribution is 2.18. The van der Waals surface area contributed by atoms with Crippen LogP contribution in [0.1, 0.15) is 39.2 Å². The van der Waals surface area contributed by atoms with E-state index in [0.717, 1.165) is 17.7 Å². The van der Waals surface area contributed by atoms with E-state index in [1.807, 2.05) is 24.3 Å². The lowest BCUT2D eigenvalue weighted by Crippen LogP contribution is -2.24. The van der Waals surface area contributed by atoms with Gasteiger partial charge in [-0.15, -0.1) is 0 Å². The predicted molar refractivity (Wildman–Crippen MR) is 74.6 cm³/mol. The maximum absolute atomic E-state index is 10.2. The van der Waals surface area contributed by atoms with Crippen LogP contribution >= 0.6 is 0 Å². The molecule has 0 radical (unpaired) electrons. The molecule has 0 bridgehead atoms. The third kappa shape index (κ3) is 4.81. The molecular formula is C16H22O2. The van der Waals surface area contributed by atoms with Gasteiger partial charge in [-0.2, -0.15) is 0 Å². The number of methoxy groups -OCH3 is 1. The van der Waals surface area contributed by atoms with E-state index in [1.165, 1.54) is 0 Å². The predicted octanol–water partition coefficient (Wildman–Crippen LogP) is 3.23. The van der Waals surface area contributed by atoms with Crippen LogP contribution in [0, 0.1) is 17.8 Å². The zero-order valence-electron chi connectivity index (χ0n) is 11.7. The second-order valence-electron chi connectivity index (χ2n) is 4.97. The summed E-state index contributed by atoms with van der Waals surface area (Å²) in [6.45, 7) is 6.02. The zero-order chi connectivity index (χ0) is 13.6. The summed E-state index contributed by atoms with van der Waals surface area (Å²) in [4.78, 5) is 0. The van der Waals surface area contributed by atoms with E-state index in [9.17, 15) is 5.11 Å². The minimum atomic E-state index is -0.932. The second kappa shape index (κ2) is 6.47. The van der Waals surface area contributed by atoms with E-state index in [-0.39, 0.29) is 0 Å². The van der Waals surface area contributed by atoms with Crippen LogP contribution in [0.15, 0.2) is 24.3 Å². The summed E-state index contributed by atoms with van der Waals surface area (Å²) in [7, 11) is 1.63. The Morgan fingerprint density at radius 3 is 2.78 bits per heavy atom. The van der Waals surface area contributed by atoms with Gasteiger partial charge in [-0.1, -0.05) is 38.2 Å². The van der Waals surface area contributed by atoms with E-state index >= 15 is 0 Å². The van der Waals surface area contributed by atoms with Gasteiger partial charge in [0.2, 0.25) is 0 Å². The second-order valence-corrected chi connectivity index (χ2v) is 4.97. The molecule has 0 spiro atoms. The molecule has 0 fully saturated rings. The first-order chi connectivity index (χ1) is 8.46. The summed E-state index contributed by atoms with van der Waals surface area (Å²) in [5.41, 5.74) is -0.0721. The highest BCUT2D eigenvalue weighted by molar-refractivity contribution is 5.40. The normalized spacial score (nSPS) is 15.2. The number of rotatable bonds is 4. The van der Waals surface area contributed by atoms with Crippen molar-refractivity contribution in [1.29, 1.82) is 0 Å². The third-order valence-electron chi connectivity index (χ3n) is 2.99. The van der Waals surface area contributed by atoms with Crippen molar-refractivity contribution in [1.82, 2.24) is 0 Å². The van der Waals surface area contributed by atoms with E-state index in [2.05, 4.69) is 25.7 Å². The molecule has 1 N–H and O–H groups in total. The first-order valence-electron chi connectivity index (χ1n) is 6.36. The van der Waals surface area contributed by atoms with Gasteiger partial charge in [0.15, 0.2) is 0 Å². The quantitative estimate of drug-likeness (QED) is 0.826. The molecule has 1 aromatic carbocycles. The summed E-state index contributed by atoms with van der Waals surface area (Å²) in [6, 6.07) is 7.55.